The van der Waals surface area contributed by atoms with E-state index < -0.39 is 0 Å². The molecule has 0 bridgehead atoms. The second-order valence-corrected chi connectivity index (χ2v) is 7.38. The fraction of sp³-hybridized carbons (Fsp3) is 0.261. The second-order valence-electron chi connectivity index (χ2n) is 7.38. The number of hydrogen-bond donors (Lipinski definition) is 4. The third-order valence-corrected chi connectivity index (χ3v) is 4.82. The van der Waals surface area contributed by atoms with Crippen LogP contribution in [-0.4, -0.2) is 42.2 Å². The van der Waals surface area contributed by atoms with Gasteiger partial charge in [-0.15, -0.1) is 0 Å². The molecule has 1 atom stereocenters. The van der Waals surface area contributed by atoms with Crippen molar-refractivity contribution < 1.29 is 14.6 Å². The van der Waals surface area contributed by atoms with Crippen LogP contribution in [0.3, 0.4) is 0 Å². The van der Waals surface area contributed by atoms with Crippen LogP contribution in [0.2, 0.25) is 0 Å². The van der Waals surface area contributed by atoms with Crippen molar-refractivity contribution in [3.8, 4) is 11.5 Å². The average Bonchev–Trinajstić information content (AvgIpc) is 3.13. The fourth-order valence-electron chi connectivity index (χ4n) is 3.25. The molecule has 1 heterocycles. The van der Waals surface area contributed by atoms with Crippen molar-refractivity contribution in [1.82, 2.24) is 4.90 Å². The van der Waals surface area contributed by atoms with Gasteiger partial charge in [0, 0.05) is 41.9 Å². The molecule has 0 radical (unpaired) electrons. The summed E-state index contributed by atoms with van der Waals surface area (Å²) < 4.78 is 5.98. The molecule has 2 aromatic rings. The maximum atomic E-state index is 12.2. The third-order valence-electron chi connectivity index (χ3n) is 4.82. The average molecular weight is 409 g/mol. The zero-order valence-electron chi connectivity index (χ0n) is 17.1. The van der Waals surface area contributed by atoms with Crippen molar-refractivity contribution in [2.24, 2.45) is 5.73 Å². The monoisotopic (exact) mass is 408 g/mol. The van der Waals surface area contributed by atoms with Crippen molar-refractivity contribution in [1.29, 1.82) is 0 Å². The number of nitrogens with two attached hydrogens (primary N) is 1. The van der Waals surface area contributed by atoms with E-state index in [-0.39, 0.29) is 24.2 Å². The molecule has 30 heavy (non-hydrogen) atoms. The standard InChI is InChI=1S/C23H28N4O3/c1-3-16-12-19(28)6-9-22(16)26-23(29)13-17(24)14-25-18-4-7-20(8-5-18)30-21-10-11-27(2)15-21/h3-9,12,14,21,25,28H,1,10-11,13,15,24H2,2H3,(H,26,29)/b17-14-/t21-/m1/s1. The summed E-state index contributed by atoms with van der Waals surface area (Å²) in [6.45, 7) is 5.69. The lowest BCUT2D eigenvalue weighted by molar-refractivity contribution is -0.115. The number of likely N-dealkylation sites (tertiary alicyclic amines) is 1. The molecule has 7 nitrogen and oxygen atoms in total. The predicted molar refractivity (Wildman–Crippen MR) is 120 cm³/mol. The number of nitrogens with zero attached hydrogens (tertiary/aromatic N) is 1. The number of ether oxygens (including phenoxy) is 1. The Balaban J connectivity index is 1.49. The van der Waals surface area contributed by atoms with E-state index in [1.807, 2.05) is 24.3 Å². The van der Waals surface area contributed by atoms with Gasteiger partial charge in [0.05, 0.1) is 6.42 Å². The number of amides is 1. The Morgan fingerprint density at radius 3 is 2.77 bits per heavy atom. The Morgan fingerprint density at radius 1 is 1.33 bits per heavy atom. The van der Waals surface area contributed by atoms with Crippen molar-refractivity contribution in [2.75, 3.05) is 30.8 Å². The second kappa shape index (κ2) is 9.84. The van der Waals surface area contributed by atoms with Crippen LogP contribution in [0.1, 0.15) is 18.4 Å². The summed E-state index contributed by atoms with van der Waals surface area (Å²) in [4.78, 5) is 14.5. The number of phenolic OH excluding ortho intramolecular Hbond substituents is 1. The maximum Gasteiger partial charge on any atom is 0.230 e. The minimum atomic E-state index is -0.260. The lowest BCUT2D eigenvalue weighted by atomic mass is 10.1. The fourth-order valence-corrected chi connectivity index (χ4v) is 3.25. The molecule has 0 spiro atoms. The zero-order chi connectivity index (χ0) is 21.5. The molecule has 7 heteroatoms. The molecule has 2 aromatic carbocycles. The highest BCUT2D eigenvalue weighted by atomic mass is 16.5. The number of anilines is 2. The van der Waals surface area contributed by atoms with E-state index in [1.165, 1.54) is 12.1 Å². The molecule has 1 aliphatic heterocycles. The minimum Gasteiger partial charge on any atom is -0.508 e. The zero-order valence-corrected chi connectivity index (χ0v) is 17.1. The van der Waals surface area contributed by atoms with Gasteiger partial charge < -0.3 is 31.1 Å². The minimum absolute atomic E-state index is 0.0286. The van der Waals surface area contributed by atoms with E-state index in [1.54, 1.807) is 18.3 Å². The molecule has 0 unspecified atom stereocenters. The number of carbonyl (C=O) groups is 1. The molecule has 1 amide bonds. The normalized spacial score (nSPS) is 16.8. The SMILES string of the molecule is C=Cc1cc(O)ccc1NC(=O)C/C(N)=C/Nc1ccc(O[C@@H]2CCN(C)C2)cc1. The van der Waals surface area contributed by atoms with Crippen LogP contribution in [-0.2, 0) is 4.79 Å². The number of hydrogen-bond acceptors (Lipinski definition) is 6. The van der Waals surface area contributed by atoms with Gasteiger partial charge in [-0.2, -0.15) is 0 Å². The van der Waals surface area contributed by atoms with E-state index in [2.05, 4.69) is 29.2 Å². The molecule has 158 valence electrons. The van der Waals surface area contributed by atoms with Crippen LogP contribution in [0.25, 0.3) is 6.08 Å². The van der Waals surface area contributed by atoms with Gasteiger partial charge in [-0.3, -0.25) is 4.79 Å². The van der Waals surface area contributed by atoms with Crippen molar-refractivity contribution in [3.05, 3.63) is 66.5 Å². The molecule has 5 N–H and O–H groups in total. The van der Waals surface area contributed by atoms with Gasteiger partial charge in [-0.05, 0) is 55.9 Å². The Bertz CT molecular complexity index is 925. The maximum absolute atomic E-state index is 12.2. The topological polar surface area (TPSA) is 99.8 Å². The molecule has 3 rings (SSSR count). The van der Waals surface area contributed by atoms with Crippen LogP contribution in [0, 0.1) is 0 Å². The van der Waals surface area contributed by atoms with E-state index in [0.717, 1.165) is 30.9 Å². The Hall–Kier alpha value is -3.45. The molecule has 0 saturated carbocycles. The largest absolute Gasteiger partial charge is 0.508 e. The first kappa shape index (κ1) is 21.3. The molecule has 1 aliphatic rings. The molecule has 0 aromatic heterocycles. The van der Waals surface area contributed by atoms with E-state index in [0.29, 0.717) is 16.9 Å². The van der Waals surface area contributed by atoms with Gasteiger partial charge in [-0.1, -0.05) is 12.7 Å². The van der Waals surface area contributed by atoms with Gasteiger partial charge in [0.25, 0.3) is 0 Å². The molecular weight excluding hydrogens is 380 g/mol. The number of nitrogens with one attached hydrogen (secondary N) is 2. The lowest BCUT2D eigenvalue weighted by Crippen LogP contribution is -2.21. The quantitative estimate of drug-likeness (QED) is 0.500. The smallest absolute Gasteiger partial charge is 0.230 e. The first-order chi connectivity index (χ1) is 14.4. The van der Waals surface area contributed by atoms with Gasteiger partial charge in [-0.25, -0.2) is 0 Å². The number of aromatic hydroxyl groups is 1. The summed E-state index contributed by atoms with van der Waals surface area (Å²) in [6.07, 6.45) is 4.47. The first-order valence-corrected chi connectivity index (χ1v) is 9.84. The van der Waals surface area contributed by atoms with E-state index >= 15 is 0 Å². The highest BCUT2D eigenvalue weighted by Gasteiger charge is 2.20. The Morgan fingerprint density at radius 2 is 2.10 bits per heavy atom. The van der Waals surface area contributed by atoms with Crippen LogP contribution < -0.4 is 21.1 Å². The van der Waals surface area contributed by atoms with Crippen LogP contribution >= 0.6 is 0 Å². The summed E-state index contributed by atoms with van der Waals surface area (Å²) >= 11 is 0. The molecule has 1 saturated heterocycles. The first-order valence-electron chi connectivity index (χ1n) is 9.84. The summed E-state index contributed by atoms with van der Waals surface area (Å²) in [7, 11) is 2.09. The summed E-state index contributed by atoms with van der Waals surface area (Å²) in [5, 5.41) is 15.4. The number of rotatable bonds is 8. The highest BCUT2D eigenvalue weighted by molar-refractivity contribution is 5.94. The summed E-state index contributed by atoms with van der Waals surface area (Å²) in [5.74, 6) is 0.687. The van der Waals surface area contributed by atoms with Gasteiger partial charge in [0.2, 0.25) is 5.91 Å². The predicted octanol–water partition coefficient (Wildman–Crippen LogP) is 3.36. The summed E-state index contributed by atoms with van der Waals surface area (Å²) in [5.41, 5.74) is 8.41. The third kappa shape index (κ3) is 6.02. The van der Waals surface area contributed by atoms with Crippen LogP contribution in [0.15, 0.2) is 60.9 Å². The molecule has 0 aliphatic carbocycles. The van der Waals surface area contributed by atoms with Gasteiger partial charge in [0.15, 0.2) is 0 Å². The Kier molecular flexibility index (Phi) is 6.98. The number of phenols is 1. The summed E-state index contributed by atoms with van der Waals surface area (Å²) in [6, 6.07) is 12.3. The van der Waals surface area contributed by atoms with Gasteiger partial charge in [0.1, 0.15) is 17.6 Å². The van der Waals surface area contributed by atoms with E-state index in [9.17, 15) is 9.90 Å². The van der Waals surface area contributed by atoms with Crippen molar-refractivity contribution >= 4 is 23.4 Å². The van der Waals surface area contributed by atoms with Crippen LogP contribution in [0.4, 0.5) is 11.4 Å². The van der Waals surface area contributed by atoms with E-state index in [4.69, 9.17) is 10.5 Å². The number of benzene rings is 2. The Labute approximate surface area is 176 Å². The molecular formula is C23H28N4O3. The number of carbonyl (C=O) groups excluding carboxylic acids is 1. The van der Waals surface area contributed by atoms with Crippen molar-refractivity contribution in [3.63, 3.8) is 0 Å². The van der Waals surface area contributed by atoms with Gasteiger partial charge >= 0.3 is 0 Å². The van der Waals surface area contributed by atoms with Crippen LogP contribution in [0.5, 0.6) is 11.5 Å². The molecule has 1 fully saturated rings. The number of likely N-dealkylation sites (N-methyl/N-ethyl adjacent to an activating group) is 1. The highest BCUT2D eigenvalue weighted by Crippen LogP contribution is 2.23. The lowest BCUT2D eigenvalue weighted by Gasteiger charge is -2.14. The van der Waals surface area contributed by atoms with Crippen molar-refractivity contribution in [2.45, 2.75) is 18.9 Å².